The fraction of sp³-hybridized carbons (Fsp3) is 0.389. The lowest BCUT2D eigenvalue weighted by atomic mass is 10.2. The number of benzene rings is 1. The molecule has 0 spiro atoms. The number of nitrogens with one attached hydrogen (secondary N) is 1. The molecule has 0 aliphatic carbocycles. The Morgan fingerprint density at radius 3 is 2.63 bits per heavy atom. The highest BCUT2D eigenvalue weighted by atomic mass is 19.4. The molecular weight excluding hydrogens is 361 g/mol. The number of carbonyl (C=O) groups is 2. The summed E-state index contributed by atoms with van der Waals surface area (Å²) in [5.74, 6) is -2.12. The normalized spacial score (nSPS) is 11.3. The lowest BCUT2D eigenvalue weighted by molar-refractivity contribution is -0.185. The summed E-state index contributed by atoms with van der Waals surface area (Å²) in [6.07, 6.45) is -1.18. The number of hydrogen-bond donors (Lipinski definition) is 1. The second kappa shape index (κ2) is 8.70. The Bertz CT molecular complexity index is 802. The summed E-state index contributed by atoms with van der Waals surface area (Å²) in [6, 6.07) is 6.42. The van der Waals surface area contributed by atoms with Gasteiger partial charge in [-0.05, 0) is 37.1 Å². The van der Waals surface area contributed by atoms with Crippen molar-refractivity contribution in [3.63, 3.8) is 0 Å². The maximum absolute atomic E-state index is 12.6. The van der Waals surface area contributed by atoms with Crippen molar-refractivity contribution in [2.45, 2.75) is 39.5 Å². The van der Waals surface area contributed by atoms with Crippen molar-refractivity contribution < 1.29 is 22.8 Å². The van der Waals surface area contributed by atoms with Crippen molar-refractivity contribution in [3.05, 3.63) is 47.8 Å². The molecular formula is C18H21F3N4O2. The molecule has 0 radical (unpaired) electrons. The number of rotatable bonds is 7. The molecule has 1 N–H and O–H groups in total. The summed E-state index contributed by atoms with van der Waals surface area (Å²) in [5, 5.41) is 6.80. The molecule has 0 fully saturated rings. The third kappa shape index (κ3) is 6.12. The van der Waals surface area contributed by atoms with Crippen molar-refractivity contribution in [1.82, 2.24) is 14.7 Å². The third-order valence-electron chi connectivity index (χ3n) is 3.83. The number of amides is 2. The largest absolute Gasteiger partial charge is 0.471 e. The quantitative estimate of drug-likeness (QED) is 0.800. The van der Waals surface area contributed by atoms with Crippen molar-refractivity contribution in [3.8, 4) is 0 Å². The summed E-state index contributed by atoms with van der Waals surface area (Å²) >= 11 is 0. The Hall–Kier alpha value is -2.84. The number of aryl methyl sites for hydroxylation is 2. The molecule has 2 rings (SSSR count). The Kier molecular flexibility index (Phi) is 6.59. The number of carbonyl (C=O) groups excluding carboxylic acids is 2. The molecule has 2 amide bonds. The first kappa shape index (κ1) is 20.5. The van der Waals surface area contributed by atoms with Crippen LogP contribution in [0, 0.1) is 6.92 Å². The van der Waals surface area contributed by atoms with Crippen LogP contribution in [0.2, 0.25) is 0 Å². The van der Waals surface area contributed by atoms with E-state index in [1.807, 2.05) is 13.1 Å². The van der Waals surface area contributed by atoms with Gasteiger partial charge in [-0.15, -0.1) is 0 Å². The van der Waals surface area contributed by atoms with Crippen LogP contribution in [-0.4, -0.2) is 39.2 Å². The van der Waals surface area contributed by atoms with E-state index in [4.69, 9.17) is 0 Å². The predicted octanol–water partition coefficient (Wildman–Crippen LogP) is 3.13. The Morgan fingerprint density at radius 1 is 1.30 bits per heavy atom. The molecule has 2 aromatic rings. The van der Waals surface area contributed by atoms with Crippen LogP contribution in [0.1, 0.15) is 24.5 Å². The monoisotopic (exact) mass is 382 g/mol. The van der Waals surface area contributed by atoms with Gasteiger partial charge in [-0.2, -0.15) is 18.3 Å². The highest BCUT2D eigenvalue weighted by Gasteiger charge is 2.41. The van der Waals surface area contributed by atoms with Gasteiger partial charge < -0.3 is 10.2 Å². The Balaban J connectivity index is 1.95. The average Bonchev–Trinajstić information content (AvgIpc) is 3.02. The van der Waals surface area contributed by atoms with Gasteiger partial charge in [0.15, 0.2) is 0 Å². The topological polar surface area (TPSA) is 67.2 Å². The number of hydrogen-bond acceptors (Lipinski definition) is 3. The van der Waals surface area contributed by atoms with Crippen molar-refractivity contribution in [1.29, 1.82) is 0 Å². The van der Waals surface area contributed by atoms with Gasteiger partial charge in [-0.3, -0.25) is 14.3 Å². The van der Waals surface area contributed by atoms with Crippen LogP contribution in [0.4, 0.5) is 18.9 Å². The van der Waals surface area contributed by atoms with Crippen molar-refractivity contribution in [2.24, 2.45) is 0 Å². The number of anilines is 1. The second-order valence-electron chi connectivity index (χ2n) is 6.10. The Labute approximate surface area is 155 Å². The molecule has 27 heavy (non-hydrogen) atoms. The predicted molar refractivity (Wildman–Crippen MR) is 93.8 cm³/mol. The number of nitrogens with zero attached hydrogens (tertiary/aromatic N) is 3. The van der Waals surface area contributed by atoms with Gasteiger partial charge >= 0.3 is 12.1 Å². The first-order valence-electron chi connectivity index (χ1n) is 8.43. The van der Waals surface area contributed by atoms with Crippen molar-refractivity contribution >= 4 is 17.5 Å². The van der Waals surface area contributed by atoms with E-state index in [1.165, 1.54) is 6.92 Å². The van der Waals surface area contributed by atoms with E-state index in [1.54, 1.807) is 35.1 Å². The van der Waals surface area contributed by atoms with E-state index in [-0.39, 0.29) is 25.4 Å². The molecule has 1 heterocycles. The molecule has 0 unspecified atom stereocenters. The molecule has 0 atom stereocenters. The zero-order valence-corrected chi connectivity index (χ0v) is 15.1. The van der Waals surface area contributed by atoms with Crippen LogP contribution >= 0.6 is 0 Å². The minimum atomic E-state index is -4.91. The molecule has 146 valence electrons. The van der Waals surface area contributed by atoms with Crippen LogP contribution < -0.4 is 5.32 Å². The van der Waals surface area contributed by atoms with Gasteiger partial charge in [0.2, 0.25) is 5.91 Å². The first-order valence-corrected chi connectivity index (χ1v) is 8.43. The van der Waals surface area contributed by atoms with E-state index in [0.29, 0.717) is 22.7 Å². The molecule has 0 saturated carbocycles. The maximum Gasteiger partial charge on any atom is 0.471 e. The minimum absolute atomic E-state index is 0.0712. The highest BCUT2D eigenvalue weighted by Crippen LogP contribution is 2.21. The van der Waals surface area contributed by atoms with Crippen LogP contribution in [0.5, 0.6) is 0 Å². The lowest BCUT2D eigenvalue weighted by Gasteiger charge is -2.22. The molecule has 6 nitrogen and oxygen atoms in total. The number of halogens is 3. The fourth-order valence-electron chi connectivity index (χ4n) is 2.50. The fourth-order valence-corrected chi connectivity index (χ4v) is 2.50. The summed E-state index contributed by atoms with van der Waals surface area (Å²) in [4.78, 5) is 24.2. The summed E-state index contributed by atoms with van der Waals surface area (Å²) in [7, 11) is 0. The number of aromatic nitrogens is 2. The van der Waals surface area contributed by atoms with Gasteiger partial charge in [0.25, 0.3) is 0 Å². The highest BCUT2D eigenvalue weighted by molar-refractivity contribution is 5.90. The standard InChI is InChI=1S/C18H21F3N4O2/c1-3-24(17(27)18(19,20)21)12-14-5-4-6-15(9-14)23-16(26)7-8-25-11-13(2)10-22-25/h4-6,9-11H,3,7-8,12H2,1-2H3,(H,23,26). The Morgan fingerprint density at radius 2 is 2.04 bits per heavy atom. The zero-order chi connectivity index (χ0) is 20.0. The molecule has 0 aliphatic rings. The summed E-state index contributed by atoms with van der Waals surface area (Å²) < 4.78 is 39.5. The third-order valence-corrected chi connectivity index (χ3v) is 3.83. The smallest absolute Gasteiger partial charge is 0.331 e. The average molecular weight is 382 g/mol. The summed E-state index contributed by atoms with van der Waals surface area (Å²) in [5.41, 5.74) is 1.96. The maximum atomic E-state index is 12.6. The van der Waals surface area contributed by atoms with E-state index >= 15 is 0 Å². The molecule has 0 saturated heterocycles. The van der Waals surface area contributed by atoms with Gasteiger partial charge in [-0.25, -0.2) is 0 Å². The van der Waals surface area contributed by atoms with Crippen LogP contribution in [0.3, 0.4) is 0 Å². The van der Waals surface area contributed by atoms with E-state index in [9.17, 15) is 22.8 Å². The SMILES string of the molecule is CCN(Cc1cccc(NC(=O)CCn2cc(C)cn2)c1)C(=O)C(F)(F)F. The van der Waals surface area contributed by atoms with Crippen LogP contribution in [0.25, 0.3) is 0 Å². The second-order valence-corrected chi connectivity index (χ2v) is 6.10. The lowest BCUT2D eigenvalue weighted by Crippen LogP contribution is -2.40. The van der Waals surface area contributed by atoms with Crippen LogP contribution in [-0.2, 0) is 22.7 Å². The van der Waals surface area contributed by atoms with Crippen molar-refractivity contribution in [2.75, 3.05) is 11.9 Å². The molecule has 1 aromatic heterocycles. The van der Waals surface area contributed by atoms with E-state index < -0.39 is 12.1 Å². The van der Waals surface area contributed by atoms with E-state index in [0.717, 1.165) is 5.56 Å². The zero-order valence-electron chi connectivity index (χ0n) is 15.1. The molecule has 1 aromatic carbocycles. The summed E-state index contributed by atoms with van der Waals surface area (Å²) in [6.45, 7) is 3.54. The molecule has 0 bridgehead atoms. The number of alkyl halides is 3. The van der Waals surface area contributed by atoms with Gasteiger partial charge in [0.1, 0.15) is 0 Å². The van der Waals surface area contributed by atoms with E-state index in [2.05, 4.69) is 10.4 Å². The molecule has 9 heteroatoms. The first-order chi connectivity index (χ1) is 12.7. The van der Waals surface area contributed by atoms with Gasteiger partial charge in [0, 0.05) is 37.9 Å². The van der Waals surface area contributed by atoms with Crippen LogP contribution in [0.15, 0.2) is 36.7 Å². The van der Waals surface area contributed by atoms with Gasteiger partial charge in [0.05, 0.1) is 6.20 Å². The minimum Gasteiger partial charge on any atom is -0.331 e. The molecule has 0 aliphatic heterocycles. The van der Waals surface area contributed by atoms with Gasteiger partial charge in [-0.1, -0.05) is 12.1 Å².